The minimum atomic E-state index is -4.44. The van der Waals surface area contributed by atoms with Gasteiger partial charge < -0.3 is 14.2 Å². The number of rotatable bonds is 10. The van der Waals surface area contributed by atoms with Gasteiger partial charge in [0.25, 0.3) is 15.7 Å². The molecule has 39 heavy (non-hydrogen) atoms. The van der Waals surface area contributed by atoms with E-state index >= 15 is 0 Å². The van der Waals surface area contributed by atoms with E-state index in [0.29, 0.717) is 28.0 Å². The molecule has 0 aliphatic rings. The number of carbonyl (C=O) groups excluding carboxylic acids is 1. The maximum atomic E-state index is 13.5. The van der Waals surface area contributed by atoms with Crippen LogP contribution in [0.25, 0.3) is 0 Å². The Morgan fingerprint density at radius 3 is 1.97 bits per heavy atom. The van der Waals surface area contributed by atoms with E-state index in [0.717, 1.165) is 29.8 Å². The molecular weight excluding hydrogens is 524 g/mol. The molecule has 0 radical (unpaired) electrons. The molecule has 0 unspecified atom stereocenters. The van der Waals surface area contributed by atoms with Gasteiger partial charge in [0.1, 0.15) is 23.9 Å². The summed E-state index contributed by atoms with van der Waals surface area (Å²) in [6.07, 6.45) is -1.15. The fourth-order valence-electron chi connectivity index (χ4n) is 3.51. The van der Waals surface area contributed by atoms with Crippen molar-refractivity contribution >= 4 is 21.8 Å². The topological polar surface area (TPSA) is 125 Å². The van der Waals surface area contributed by atoms with Crippen molar-refractivity contribution in [3.8, 4) is 17.2 Å². The van der Waals surface area contributed by atoms with Gasteiger partial charge in [-0.15, -0.1) is 0 Å². The lowest BCUT2D eigenvalue weighted by Gasteiger charge is -2.22. The monoisotopic (exact) mass is 548 g/mol. The highest BCUT2D eigenvalue weighted by molar-refractivity contribution is 7.89. The van der Waals surface area contributed by atoms with Gasteiger partial charge in [-0.05, 0) is 59.7 Å². The molecule has 0 saturated heterocycles. The van der Waals surface area contributed by atoms with Crippen molar-refractivity contribution < 1.29 is 32.3 Å². The summed E-state index contributed by atoms with van der Waals surface area (Å²) in [5.41, 5.74) is 1.19. The minimum absolute atomic E-state index is 0.102. The van der Waals surface area contributed by atoms with Gasteiger partial charge in [-0.2, -0.15) is 4.31 Å². The van der Waals surface area contributed by atoms with Crippen LogP contribution in [0.2, 0.25) is 0 Å². The number of nitrogens with zero attached hydrogens (tertiary/aromatic N) is 2. The number of nitro benzene ring substituents is 1. The molecule has 1 amide bonds. The van der Waals surface area contributed by atoms with Crippen LogP contribution in [0.1, 0.15) is 11.1 Å². The van der Waals surface area contributed by atoms with Crippen molar-refractivity contribution in [2.24, 2.45) is 0 Å². The van der Waals surface area contributed by atoms with Crippen LogP contribution in [0, 0.1) is 10.1 Å². The maximum absolute atomic E-state index is 13.5. The van der Waals surface area contributed by atoms with E-state index in [1.54, 1.807) is 36.4 Å². The SMILES string of the molecule is COc1ccc(CN(C(=O)Oc2ccc(OCc3ccccc3)cc2)S(=O)(=O)c2ccc([N+](=O)[O-])cc2)cc1. The Kier molecular flexibility index (Phi) is 8.42. The van der Waals surface area contributed by atoms with Crippen LogP contribution in [0.3, 0.4) is 0 Å². The first-order valence-electron chi connectivity index (χ1n) is 11.6. The minimum Gasteiger partial charge on any atom is -0.497 e. The van der Waals surface area contributed by atoms with Crippen molar-refractivity contribution in [1.29, 1.82) is 0 Å². The molecule has 0 fully saturated rings. The first-order chi connectivity index (χ1) is 18.8. The average Bonchev–Trinajstić information content (AvgIpc) is 2.96. The fraction of sp³-hybridized carbons (Fsp3) is 0.107. The van der Waals surface area contributed by atoms with E-state index < -0.39 is 21.0 Å². The Hall–Kier alpha value is -4.90. The van der Waals surface area contributed by atoms with Crippen LogP contribution in [-0.2, 0) is 23.2 Å². The summed E-state index contributed by atoms with van der Waals surface area (Å²) in [4.78, 5) is 23.2. The molecule has 0 spiro atoms. The number of carbonyl (C=O) groups is 1. The molecule has 4 rings (SSSR count). The second-order valence-corrected chi connectivity index (χ2v) is 10.1. The van der Waals surface area contributed by atoms with Crippen LogP contribution in [0.15, 0.2) is 108 Å². The molecule has 0 N–H and O–H groups in total. The second-order valence-electron chi connectivity index (χ2n) is 8.22. The number of nitro groups is 1. The lowest BCUT2D eigenvalue weighted by Crippen LogP contribution is -2.38. The number of non-ortho nitro benzene ring substituents is 1. The number of hydrogen-bond acceptors (Lipinski definition) is 8. The van der Waals surface area contributed by atoms with Crippen LogP contribution in [0.4, 0.5) is 10.5 Å². The maximum Gasteiger partial charge on any atom is 0.429 e. The third-order valence-corrected chi connectivity index (χ3v) is 7.33. The number of benzene rings is 4. The van der Waals surface area contributed by atoms with E-state index in [-0.39, 0.29) is 22.9 Å². The summed E-state index contributed by atoms with van der Waals surface area (Å²) >= 11 is 0. The zero-order chi connectivity index (χ0) is 27.8. The predicted octanol–water partition coefficient (Wildman–Crippen LogP) is 5.57. The molecule has 0 aliphatic carbocycles. The second kappa shape index (κ2) is 12.1. The number of ether oxygens (including phenoxy) is 3. The van der Waals surface area contributed by atoms with Crippen LogP contribution in [0.5, 0.6) is 17.2 Å². The summed E-state index contributed by atoms with van der Waals surface area (Å²) in [6, 6.07) is 26.5. The highest BCUT2D eigenvalue weighted by Crippen LogP contribution is 2.25. The molecule has 4 aromatic rings. The van der Waals surface area contributed by atoms with Crippen molar-refractivity contribution in [3.05, 3.63) is 124 Å². The summed E-state index contributed by atoms with van der Waals surface area (Å²) in [5, 5.41) is 11.0. The van der Waals surface area contributed by atoms with Crippen molar-refractivity contribution in [2.45, 2.75) is 18.0 Å². The van der Waals surface area contributed by atoms with Gasteiger partial charge in [0, 0.05) is 12.1 Å². The molecule has 4 aromatic carbocycles. The number of methoxy groups -OCH3 is 1. The number of sulfonamides is 1. The first kappa shape index (κ1) is 27.1. The van der Waals surface area contributed by atoms with Crippen molar-refractivity contribution in [2.75, 3.05) is 7.11 Å². The summed E-state index contributed by atoms with van der Waals surface area (Å²) in [6.45, 7) is 0.00349. The van der Waals surface area contributed by atoms with Crippen molar-refractivity contribution in [3.63, 3.8) is 0 Å². The van der Waals surface area contributed by atoms with E-state index in [1.807, 2.05) is 30.3 Å². The summed E-state index contributed by atoms with van der Waals surface area (Å²) in [5.74, 6) is 1.19. The molecule has 0 bridgehead atoms. The Balaban J connectivity index is 1.54. The molecule has 0 aromatic heterocycles. The Bertz CT molecular complexity index is 1520. The molecule has 10 nitrogen and oxygen atoms in total. The van der Waals surface area contributed by atoms with Gasteiger partial charge in [0.2, 0.25) is 0 Å². The fourth-order valence-corrected chi connectivity index (χ4v) is 4.80. The normalized spacial score (nSPS) is 10.9. The third-order valence-electron chi connectivity index (χ3n) is 5.60. The number of hydrogen-bond donors (Lipinski definition) is 0. The highest BCUT2D eigenvalue weighted by Gasteiger charge is 2.32. The Morgan fingerprint density at radius 2 is 1.38 bits per heavy atom. The molecule has 0 saturated carbocycles. The summed E-state index contributed by atoms with van der Waals surface area (Å²) in [7, 11) is -2.95. The van der Waals surface area contributed by atoms with Crippen molar-refractivity contribution in [1.82, 2.24) is 4.31 Å². The largest absolute Gasteiger partial charge is 0.497 e. The lowest BCUT2D eigenvalue weighted by atomic mass is 10.2. The molecular formula is C28H24N2O8S. The molecule has 0 atom stereocenters. The Morgan fingerprint density at radius 1 is 0.795 bits per heavy atom. The molecule has 200 valence electrons. The number of amides is 1. The smallest absolute Gasteiger partial charge is 0.429 e. The lowest BCUT2D eigenvalue weighted by molar-refractivity contribution is -0.384. The third kappa shape index (κ3) is 6.90. The van der Waals surface area contributed by atoms with Gasteiger partial charge in [-0.25, -0.2) is 13.2 Å². The quantitative estimate of drug-likeness (QED) is 0.186. The molecule has 0 aliphatic heterocycles. The zero-order valence-electron chi connectivity index (χ0n) is 20.8. The molecule has 0 heterocycles. The van der Waals surface area contributed by atoms with E-state index in [1.165, 1.54) is 19.2 Å². The average molecular weight is 549 g/mol. The van der Waals surface area contributed by atoms with Gasteiger partial charge in [0.05, 0.1) is 23.5 Å². The van der Waals surface area contributed by atoms with Gasteiger partial charge in [-0.3, -0.25) is 10.1 Å². The first-order valence-corrected chi connectivity index (χ1v) is 13.1. The van der Waals surface area contributed by atoms with E-state index in [9.17, 15) is 23.3 Å². The van der Waals surface area contributed by atoms with Crippen LogP contribution in [-0.4, -0.2) is 30.8 Å². The Labute approximate surface area is 225 Å². The van der Waals surface area contributed by atoms with E-state index in [4.69, 9.17) is 14.2 Å². The standard InChI is InChI=1S/C28H24N2O8S/c1-36-24-11-7-21(8-12-24)19-29(39(34,35)27-17-9-23(10-18-27)30(32)33)28(31)38-26-15-13-25(14-16-26)37-20-22-5-3-2-4-6-22/h2-18H,19-20H2,1H3. The molecule has 11 heteroatoms. The summed E-state index contributed by atoms with van der Waals surface area (Å²) < 4.78 is 43.7. The van der Waals surface area contributed by atoms with Gasteiger partial charge in [-0.1, -0.05) is 42.5 Å². The highest BCUT2D eigenvalue weighted by atomic mass is 32.2. The van der Waals surface area contributed by atoms with Crippen LogP contribution >= 0.6 is 0 Å². The van der Waals surface area contributed by atoms with Gasteiger partial charge >= 0.3 is 6.09 Å². The van der Waals surface area contributed by atoms with E-state index in [2.05, 4.69) is 0 Å². The van der Waals surface area contributed by atoms with Crippen LogP contribution < -0.4 is 14.2 Å². The predicted molar refractivity (Wildman–Crippen MR) is 142 cm³/mol. The zero-order valence-corrected chi connectivity index (χ0v) is 21.6. The van der Waals surface area contributed by atoms with Gasteiger partial charge in [0.15, 0.2) is 0 Å².